The number of methoxy groups -OCH3 is 1. The molecule has 6 unspecified atom stereocenters. The Labute approximate surface area is 110 Å². The Morgan fingerprint density at radius 1 is 1.17 bits per heavy atom. The maximum Gasteiger partial charge on any atom is 0.109 e. The van der Waals surface area contributed by atoms with Gasteiger partial charge < -0.3 is 14.6 Å². The molecule has 0 saturated heterocycles. The van der Waals surface area contributed by atoms with Gasteiger partial charge in [-0.05, 0) is 36.0 Å². The van der Waals surface area contributed by atoms with Crippen molar-refractivity contribution in [1.82, 2.24) is 0 Å². The standard InChI is InChI=1S/C15H26O3/c1-14(2)9-5-6-15(14,3)12(7-9)18-11-8-10(16)13(11)17-4/h9-13,16H,5-8H2,1-4H3. The lowest BCUT2D eigenvalue weighted by Crippen LogP contribution is -2.55. The Morgan fingerprint density at radius 2 is 1.89 bits per heavy atom. The van der Waals surface area contributed by atoms with Crippen LogP contribution in [0.2, 0.25) is 0 Å². The molecule has 3 saturated carbocycles. The van der Waals surface area contributed by atoms with Gasteiger partial charge in [-0.3, -0.25) is 0 Å². The number of aliphatic hydroxyl groups is 1. The summed E-state index contributed by atoms with van der Waals surface area (Å²) in [6.45, 7) is 7.19. The second-order valence-corrected chi connectivity index (χ2v) is 7.28. The molecule has 0 heterocycles. The van der Waals surface area contributed by atoms with E-state index in [1.165, 1.54) is 19.3 Å². The molecule has 2 bridgehead atoms. The van der Waals surface area contributed by atoms with E-state index < -0.39 is 0 Å². The fourth-order valence-corrected chi connectivity index (χ4v) is 4.55. The Kier molecular flexibility index (Phi) is 2.82. The summed E-state index contributed by atoms with van der Waals surface area (Å²) < 4.78 is 11.6. The lowest BCUT2D eigenvalue weighted by Gasteiger charge is -2.46. The Morgan fingerprint density at radius 3 is 2.33 bits per heavy atom. The van der Waals surface area contributed by atoms with E-state index in [9.17, 15) is 5.11 Å². The SMILES string of the molecule is COC1C(O)CC1OC1CC2CCC1(C)C2(C)C. The molecule has 0 aromatic carbocycles. The molecule has 3 aliphatic carbocycles. The number of hydrogen-bond acceptors (Lipinski definition) is 3. The fraction of sp³-hybridized carbons (Fsp3) is 1.00. The summed E-state index contributed by atoms with van der Waals surface area (Å²) >= 11 is 0. The van der Waals surface area contributed by atoms with Crippen molar-refractivity contribution in [2.75, 3.05) is 7.11 Å². The van der Waals surface area contributed by atoms with Crippen LogP contribution >= 0.6 is 0 Å². The zero-order valence-electron chi connectivity index (χ0n) is 12.0. The maximum atomic E-state index is 9.65. The van der Waals surface area contributed by atoms with Gasteiger partial charge in [0.15, 0.2) is 0 Å². The van der Waals surface area contributed by atoms with Gasteiger partial charge in [0.1, 0.15) is 6.10 Å². The molecule has 1 N–H and O–H groups in total. The molecule has 0 aromatic rings. The summed E-state index contributed by atoms with van der Waals surface area (Å²) in [6, 6.07) is 0. The Balaban J connectivity index is 1.69. The average molecular weight is 254 g/mol. The third-order valence-corrected chi connectivity index (χ3v) is 6.54. The number of hydrogen-bond donors (Lipinski definition) is 1. The first-order chi connectivity index (χ1) is 8.40. The molecule has 3 nitrogen and oxygen atoms in total. The van der Waals surface area contributed by atoms with Crippen molar-refractivity contribution < 1.29 is 14.6 Å². The molecular weight excluding hydrogens is 228 g/mol. The van der Waals surface area contributed by atoms with Crippen LogP contribution in [-0.2, 0) is 9.47 Å². The van der Waals surface area contributed by atoms with Gasteiger partial charge in [0, 0.05) is 13.5 Å². The van der Waals surface area contributed by atoms with Gasteiger partial charge in [0.05, 0.1) is 18.3 Å². The van der Waals surface area contributed by atoms with Gasteiger partial charge in [-0.15, -0.1) is 0 Å². The van der Waals surface area contributed by atoms with Crippen LogP contribution in [0.25, 0.3) is 0 Å². The minimum Gasteiger partial charge on any atom is -0.390 e. The molecule has 0 spiro atoms. The van der Waals surface area contributed by atoms with Crippen molar-refractivity contribution in [2.45, 2.75) is 70.9 Å². The van der Waals surface area contributed by atoms with Crippen molar-refractivity contribution >= 4 is 0 Å². The first-order valence-electron chi connectivity index (χ1n) is 7.26. The molecule has 0 aliphatic heterocycles. The van der Waals surface area contributed by atoms with Gasteiger partial charge in [0.2, 0.25) is 0 Å². The van der Waals surface area contributed by atoms with Crippen LogP contribution in [0.1, 0.15) is 46.5 Å². The predicted octanol–water partition coefficient (Wildman–Crippen LogP) is 2.37. The van der Waals surface area contributed by atoms with Crippen LogP contribution in [0.4, 0.5) is 0 Å². The third kappa shape index (κ3) is 1.47. The van der Waals surface area contributed by atoms with Crippen LogP contribution in [0, 0.1) is 16.7 Å². The average Bonchev–Trinajstić information content (AvgIpc) is 2.61. The Bertz CT molecular complexity index is 341. The summed E-state index contributed by atoms with van der Waals surface area (Å²) in [5.74, 6) is 0.804. The lowest BCUT2D eigenvalue weighted by atomic mass is 9.70. The minimum absolute atomic E-state index is 0.0991. The number of ether oxygens (including phenoxy) is 2. The molecule has 3 heteroatoms. The van der Waals surface area contributed by atoms with E-state index >= 15 is 0 Å². The fourth-order valence-electron chi connectivity index (χ4n) is 4.55. The minimum atomic E-state index is -0.334. The smallest absolute Gasteiger partial charge is 0.109 e. The largest absolute Gasteiger partial charge is 0.390 e. The van der Waals surface area contributed by atoms with Crippen molar-refractivity contribution in [3.63, 3.8) is 0 Å². The van der Waals surface area contributed by atoms with Crippen molar-refractivity contribution in [1.29, 1.82) is 0 Å². The van der Waals surface area contributed by atoms with Crippen molar-refractivity contribution in [2.24, 2.45) is 16.7 Å². The van der Waals surface area contributed by atoms with Gasteiger partial charge >= 0.3 is 0 Å². The number of rotatable bonds is 3. The second-order valence-electron chi connectivity index (χ2n) is 7.28. The first-order valence-corrected chi connectivity index (χ1v) is 7.26. The van der Waals surface area contributed by atoms with E-state index in [-0.39, 0.29) is 18.3 Å². The molecule has 3 rings (SSSR count). The second kappa shape index (κ2) is 3.94. The molecule has 3 aliphatic rings. The van der Waals surface area contributed by atoms with Crippen LogP contribution in [0.5, 0.6) is 0 Å². The molecule has 0 radical (unpaired) electrons. The van der Waals surface area contributed by atoms with Gasteiger partial charge in [-0.25, -0.2) is 0 Å². The summed E-state index contributed by atoms with van der Waals surface area (Å²) in [5.41, 5.74) is 0.694. The quantitative estimate of drug-likeness (QED) is 0.840. The predicted molar refractivity (Wildman–Crippen MR) is 69.3 cm³/mol. The van der Waals surface area contributed by atoms with Crippen molar-refractivity contribution in [3.8, 4) is 0 Å². The third-order valence-electron chi connectivity index (χ3n) is 6.54. The number of aliphatic hydroxyl groups excluding tert-OH is 1. The molecule has 6 atom stereocenters. The van der Waals surface area contributed by atoms with E-state index in [2.05, 4.69) is 20.8 Å². The van der Waals surface area contributed by atoms with E-state index in [1.54, 1.807) is 7.11 Å². The molecule has 0 amide bonds. The highest BCUT2D eigenvalue weighted by Gasteiger charge is 2.62. The maximum absolute atomic E-state index is 9.65. The monoisotopic (exact) mass is 254 g/mol. The van der Waals surface area contributed by atoms with Crippen molar-refractivity contribution in [3.05, 3.63) is 0 Å². The summed E-state index contributed by atoms with van der Waals surface area (Å²) in [5, 5.41) is 9.65. The molecular formula is C15H26O3. The van der Waals surface area contributed by atoms with E-state index in [1.807, 2.05) is 0 Å². The van der Waals surface area contributed by atoms with E-state index in [0.717, 1.165) is 12.3 Å². The van der Waals surface area contributed by atoms with Gasteiger partial charge in [-0.1, -0.05) is 20.8 Å². The molecule has 18 heavy (non-hydrogen) atoms. The van der Waals surface area contributed by atoms with E-state index in [4.69, 9.17) is 9.47 Å². The normalized spacial score (nSPS) is 53.5. The topological polar surface area (TPSA) is 38.7 Å². The Hall–Kier alpha value is -0.120. The van der Waals surface area contributed by atoms with Gasteiger partial charge in [-0.2, -0.15) is 0 Å². The van der Waals surface area contributed by atoms with Crippen LogP contribution < -0.4 is 0 Å². The highest BCUT2D eigenvalue weighted by Crippen LogP contribution is 2.66. The zero-order chi connectivity index (χ0) is 13.1. The lowest BCUT2D eigenvalue weighted by molar-refractivity contribution is -0.215. The van der Waals surface area contributed by atoms with Gasteiger partial charge in [0.25, 0.3) is 0 Å². The summed E-state index contributed by atoms with van der Waals surface area (Å²) in [7, 11) is 1.66. The summed E-state index contributed by atoms with van der Waals surface area (Å²) in [6.07, 6.45) is 4.55. The molecule has 3 fully saturated rings. The molecule has 104 valence electrons. The van der Waals surface area contributed by atoms with Crippen LogP contribution in [0.15, 0.2) is 0 Å². The van der Waals surface area contributed by atoms with Crippen LogP contribution in [0.3, 0.4) is 0 Å². The first kappa shape index (κ1) is 12.9. The summed E-state index contributed by atoms with van der Waals surface area (Å²) in [4.78, 5) is 0. The van der Waals surface area contributed by atoms with Crippen LogP contribution in [-0.4, -0.2) is 36.6 Å². The highest BCUT2D eigenvalue weighted by atomic mass is 16.6. The zero-order valence-corrected chi connectivity index (χ0v) is 12.0. The number of fused-ring (bicyclic) bond motifs is 2. The van der Waals surface area contributed by atoms with E-state index in [0.29, 0.717) is 16.9 Å². The highest BCUT2D eigenvalue weighted by molar-refractivity contribution is 5.11. The molecule has 0 aromatic heterocycles.